The fraction of sp³-hybridized carbons (Fsp3) is 0.318. The van der Waals surface area contributed by atoms with Crippen LogP contribution in [0, 0.1) is 0 Å². The van der Waals surface area contributed by atoms with Crippen molar-refractivity contribution in [3.63, 3.8) is 0 Å². The molecule has 1 aromatic carbocycles. The Morgan fingerprint density at radius 2 is 2.07 bits per heavy atom. The van der Waals surface area contributed by atoms with E-state index in [1.165, 1.54) is 5.56 Å². The number of aliphatic carboxylic acids is 1. The molecule has 3 heterocycles. The molecule has 0 aliphatic carbocycles. The maximum absolute atomic E-state index is 11.8. The predicted molar refractivity (Wildman–Crippen MR) is 105 cm³/mol. The average Bonchev–Trinajstić information content (AvgIpc) is 3.18. The second-order valence-electron chi connectivity index (χ2n) is 7.04. The van der Waals surface area contributed by atoms with Gasteiger partial charge in [0.25, 0.3) is 0 Å². The van der Waals surface area contributed by atoms with Crippen LogP contribution in [0.1, 0.15) is 42.6 Å². The molecule has 5 nitrogen and oxygen atoms in total. The Hall–Kier alpha value is -2.79. The fourth-order valence-electron chi connectivity index (χ4n) is 3.94. The Kier molecular flexibility index (Phi) is 4.86. The number of hydrogen-bond acceptors (Lipinski definition) is 4. The topological polar surface area (TPSA) is 66.3 Å². The molecule has 1 N–H and O–H groups in total. The van der Waals surface area contributed by atoms with Crippen molar-refractivity contribution in [3.05, 3.63) is 71.7 Å². The van der Waals surface area contributed by atoms with Gasteiger partial charge in [-0.15, -0.1) is 0 Å². The number of benzene rings is 1. The molecule has 3 aromatic rings. The highest BCUT2D eigenvalue weighted by Gasteiger charge is 2.37. The summed E-state index contributed by atoms with van der Waals surface area (Å²) in [6, 6.07) is 13.5. The Balaban J connectivity index is 1.82. The van der Waals surface area contributed by atoms with E-state index >= 15 is 0 Å². The maximum Gasteiger partial charge on any atom is 0.320 e. The van der Waals surface area contributed by atoms with E-state index in [1.54, 1.807) is 0 Å². The normalized spacial score (nSPS) is 18.6. The van der Waals surface area contributed by atoms with Crippen LogP contribution in [0.2, 0.25) is 0 Å². The minimum atomic E-state index is -0.767. The van der Waals surface area contributed by atoms with Gasteiger partial charge in [0.15, 0.2) is 0 Å². The van der Waals surface area contributed by atoms with E-state index in [2.05, 4.69) is 33.9 Å². The van der Waals surface area contributed by atoms with Crippen LogP contribution in [0.25, 0.3) is 10.9 Å². The van der Waals surface area contributed by atoms with E-state index in [4.69, 9.17) is 0 Å². The molecule has 27 heavy (non-hydrogen) atoms. The van der Waals surface area contributed by atoms with E-state index in [-0.39, 0.29) is 6.04 Å². The van der Waals surface area contributed by atoms with E-state index in [9.17, 15) is 9.90 Å². The number of hydrogen-bond donors (Lipinski definition) is 1. The highest BCUT2D eigenvalue weighted by atomic mass is 16.4. The van der Waals surface area contributed by atoms with Crippen LogP contribution in [0.4, 0.5) is 0 Å². The molecule has 0 radical (unpaired) electrons. The molecule has 2 atom stereocenters. The van der Waals surface area contributed by atoms with Crippen LogP contribution >= 0.6 is 0 Å². The molecular formula is C22H23N3O2. The highest BCUT2D eigenvalue weighted by Crippen LogP contribution is 2.34. The van der Waals surface area contributed by atoms with Crippen LogP contribution in [0.5, 0.6) is 0 Å². The van der Waals surface area contributed by atoms with Crippen LogP contribution in [-0.2, 0) is 11.2 Å². The Morgan fingerprint density at radius 1 is 1.22 bits per heavy atom. The van der Waals surface area contributed by atoms with E-state index in [0.717, 1.165) is 41.5 Å². The summed E-state index contributed by atoms with van der Waals surface area (Å²) in [5.41, 5.74) is 3.96. The third kappa shape index (κ3) is 3.43. The summed E-state index contributed by atoms with van der Waals surface area (Å²) >= 11 is 0. The number of nitrogens with zero attached hydrogens (tertiary/aromatic N) is 3. The number of pyridine rings is 2. The minimum absolute atomic E-state index is 0.211. The molecule has 2 aromatic heterocycles. The fourth-order valence-corrected chi connectivity index (χ4v) is 3.94. The van der Waals surface area contributed by atoms with Crippen LogP contribution in [0.15, 0.2) is 54.9 Å². The summed E-state index contributed by atoms with van der Waals surface area (Å²) in [6.07, 6.45) is 6.22. The number of aromatic nitrogens is 2. The number of para-hydroxylation sites is 1. The Labute approximate surface area is 158 Å². The van der Waals surface area contributed by atoms with Gasteiger partial charge in [-0.05, 0) is 48.6 Å². The average molecular weight is 361 g/mol. The Bertz CT molecular complexity index is 955. The van der Waals surface area contributed by atoms with Gasteiger partial charge in [0.05, 0.1) is 17.3 Å². The first-order chi connectivity index (χ1) is 13.2. The molecule has 4 rings (SSSR count). The molecule has 2 unspecified atom stereocenters. The lowest BCUT2D eigenvalue weighted by Crippen LogP contribution is -2.39. The van der Waals surface area contributed by atoms with Crippen molar-refractivity contribution in [2.24, 2.45) is 0 Å². The summed E-state index contributed by atoms with van der Waals surface area (Å²) in [5, 5.41) is 10.8. The number of aryl methyl sites for hydroxylation is 1. The molecule has 1 aliphatic rings. The summed E-state index contributed by atoms with van der Waals surface area (Å²) in [6.45, 7) is 2.84. The lowest BCUT2D eigenvalue weighted by atomic mass is 9.99. The molecule has 0 spiro atoms. The first-order valence-corrected chi connectivity index (χ1v) is 9.45. The van der Waals surface area contributed by atoms with Crippen molar-refractivity contribution < 1.29 is 9.90 Å². The first-order valence-electron chi connectivity index (χ1n) is 9.45. The van der Waals surface area contributed by atoms with Gasteiger partial charge in [-0.1, -0.05) is 31.2 Å². The van der Waals surface area contributed by atoms with Crippen molar-refractivity contribution >= 4 is 16.9 Å². The maximum atomic E-state index is 11.8. The molecular weight excluding hydrogens is 338 g/mol. The number of carboxylic acids is 1. The summed E-state index contributed by atoms with van der Waals surface area (Å²) in [4.78, 5) is 23.2. The van der Waals surface area contributed by atoms with Gasteiger partial charge < -0.3 is 5.11 Å². The quantitative estimate of drug-likeness (QED) is 0.748. The molecule has 1 saturated heterocycles. The van der Waals surface area contributed by atoms with Gasteiger partial charge in [0.1, 0.15) is 6.04 Å². The number of fused-ring (bicyclic) bond motifs is 1. The summed E-state index contributed by atoms with van der Waals surface area (Å²) in [7, 11) is 0. The predicted octanol–water partition coefficient (Wildman–Crippen LogP) is 3.83. The van der Waals surface area contributed by atoms with Gasteiger partial charge in [0, 0.05) is 24.3 Å². The molecule has 138 valence electrons. The van der Waals surface area contributed by atoms with Crippen molar-refractivity contribution in [1.29, 1.82) is 0 Å². The lowest BCUT2D eigenvalue weighted by molar-refractivity contribution is -0.142. The molecule has 0 amide bonds. The molecule has 0 bridgehead atoms. The number of likely N-dealkylation sites (tertiary alicyclic amines) is 1. The van der Waals surface area contributed by atoms with E-state index in [0.29, 0.717) is 6.42 Å². The number of carboxylic acid groups (broad SMARTS) is 1. The van der Waals surface area contributed by atoms with Crippen molar-refractivity contribution in [1.82, 2.24) is 14.9 Å². The zero-order chi connectivity index (χ0) is 18.8. The number of rotatable bonds is 5. The van der Waals surface area contributed by atoms with E-state index in [1.807, 2.05) is 42.7 Å². The second-order valence-corrected chi connectivity index (χ2v) is 7.04. The summed E-state index contributed by atoms with van der Waals surface area (Å²) < 4.78 is 0. The molecule has 1 aliphatic heterocycles. The minimum Gasteiger partial charge on any atom is -0.480 e. The van der Waals surface area contributed by atoms with Crippen LogP contribution in [-0.4, -0.2) is 38.5 Å². The van der Waals surface area contributed by atoms with Gasteiger partial charge >= 0.3 is 5.97 Å². The van der Waals surface area contributed by atoms with Crippen molar-refractivity contribution in [2.45, 2.75) is 38.3 Å². The zero-order valence-electron chi connectivity index (χ0n) is 15.4. The van der Waals surface area contributed by atoms with Gasteiger partial charge in [-0.3, -0.25) is 19.7 Å². The monoisotopic (exact) mass is 361 g/mol. The van der Waals surface area contributed by atoms with Gasteiger partial charge in [0.2, 0.25) is 0 Å². The number of carbonyl (C=O) groups is 1. The third-order valence-electron chi connectivity index (χ3n) is 5.37. The second kappa shape index (κ2) is 7.45. The third-order valence-corrected chi connectivity index (χ3v) is 5.37. The van der Waals surface area contributed by atoms with Crippen molar-refractivity contribution in [3.8, 4) is 0 Å². The van der Waals surface area contributed by atoms with Crippen molar-refractivity contribution in [2.75, 3.05) is 6.54 Å². The van der Waals surface area contributed by atoms with Gasteiger partial charge in [-0.2, -0.15) is 0 Å². The molecule has 0 saturated carbocycles. The molecule has 1 fully saturated rings. The Morgan fingerprint density at radius 3 is 2.81 bits per heavy atom. The standard InChI is InChI=1S/C22H23N3O2/c1-2-15-9-10-19(23-13-15)21(25-11-5-8-20(25)22(26)27)17-12-16-6-3-4-7-18(16)24-14-17/h3-4,6-7,9-10,12-14,20-21H,2,5,8,11H2,1H3,(H,26,27). The smallest absolute Gasteiger partial charge is 0.320 e. The largest absolute Gasteiger partial charge is 0.480 e. The lowest BCUT2D eigenvalue weighted by Gasteiger charge is -2.31. The van der Waals surface area contributed by atoms with Gasteiger partial charge in [-0.25, -0.2) is 0 Å². The summed E-state index contributed by atoms with van der Waals surface area (Å²) in [5.74, 6) is -0.767. The van der Waals surface area contributed by atoms with Crippen LogP contribution < -0.4 is 0 Å². The highest BCUT2D eigenvalue weighted by molar-refractivity contribution is 5.79. The van der Waals surface area contributed by atoms with E-state index < -0.39 is 12.0 Å². The SMILES string of the molecule is CCc1ccc(C(c2cnc3ccccc3c2)N2CCCC2C(=O)O)nc1. The zero-order valence-corrected chi connectivity index (χ0v) is 15.4. The first kappa shape index (κ1) is 17.6. The van der Waals surface area contributed by atoms with Crippen LogP contribution in [0.3, 0.4) is 0 Å². The molecule has 5 heteroatoms.